The lowest BCUT2D eigenvalue weighted by Crippen LogP contribution is -2.31. The third kappa shape index (κ3) is 6.04. The summed E-state index contributed by atoms with van der Waals surface area (Å²) in [6.07, 6.45) is 7.30. The molecule has 0 bridgehead atoms. The minimum Gasteiger partial charge on any atom is -0.385 e. The highest BCUT2D eigenvalue weighted by Gasteiger charge is 2.14. The number of hydrogen-bond donors (Lipinski definition) is 2. The first kappa shape index (κ1) is 19.8. The number of hydrogen-bond acceptors (Lipinski definition) is 4. The number of nitrogens with one attached hydrogen (secondary N) is 2. The van der Waals surface area contributed by atoms with Crippen molar-refractivity contribution in [1.82, 2.24) is 4.72 Å². The van der Waals surface area contributed by atoms with Gasteiger partial charge in [0, 0.05) is 37.6 Å². The van der Waals surface area contributed by atoms with Crippen molar-refractivity contribution in [2.75, 3.05) is 36.4 Å². The van der Waals surface area contributed by atoms with Gasteiger partial charge in [0.25, 0.3) is 0 Å². The average molecular weight is 366 g/mol. The van der Waals surface area contributed by atoms with Crippen LogP contribution in [-0.4, -0.2) is 39.8 Å². The number of rotatable bonds is 10. The zero-order valence-corrected chi connectivity index (χ0v) is 16.4. The van der Waals surface area contributed by atoms with Gasteiger partial charge in [-0.3, -0.25) is 0 Å². The van der Waals surface area contributed by atoms with Crippen LogP contribution in [0.25, 0.3) is 0 Å². The molecule has 2 N–H and O–H groups in total. The molecule has 0 saturated heterocycles. The van der Waals surface area contributed by atoms with Gasteiger partial charge in [0.1, 0.15) is 0 Å². The van der Waals surface area contributed by atoms with Crippen molar-refractivity contribution in [3.8, 4) is 0 Å². The van der Waals surface area contributed by atoms with Gasteiger partial charge in [-0.1, -0.05) is 18.6 Å². The Hall–Kier alpha value is -1.53. The zero-order valence-electron chi connectivity index (χ0n) is 15.6. The normalized spacial score (nSPS) is 14.5. The summed E-state index contributed by atoms with van der Waals surface area (Å²) in [6, 6.07) is 6.55. The van der Waals surface area contributed by atoms with Gasteiger partial charge in [-0.15, -0.1) is 0 Å². The van der Waals surface area contributed by atoms with Gasteiger partial charge >= 0.3 is 0 Å². The van der Waals surface area contributed by atoms with E-state index in [0.29, 0.717) is 6.54 Å². The maximum absolute atomic E-state index is 11.6. The van der Waals surface area contributed by atoms with Gasteiger partial charge in [-0.25, -0.2) is 13.1 Å². The van der Waals surface area contributed by atoms with Crippen molar-refractivity contribution >= 4 is 21.4 Å². The standard InChI is InChI=1S/C19H31N3O2S/c1-16(2)25(23,24)21-12-6-4-5-11-20-19-10-9-18(15-17(19)3)22-13-7-8-14-22/h7-10,15-16,20-21H,4-6,11-14H2,1-3H3. The summed E-state index contributed by atoms with van der Waals surface area (Å²) in [5, 5.41) is 3.12. The van der Waals surface area contributed by atoms with E-state index >= 15 is 0 Å². The molecule has 0 unspecified atom stereocenters. The Morgan fingerprint density at radius 2 is 1.76 bits per heavy atom. The predicted octanol–water partition coefficient (Wildman–Crippen LogP) is 3.28. The van der Waals surface area contributed by atoms with Crippen molar-refractivity contribution < 1.29 is 8.42 Å². The molecule has 1 heterocycles. The van der Waals surface area contributed by atoms with Crippen LogP contribution in [0.5, 0.6) is 0 Å². The molecular formula is C19H31N3O2S. The summed E-state index contributed by atoms with van der Waals surface area (Å²) in [4.78, 5) is 2.34. The fourth-order valence-electron chi connectivity index (χ4n) is 2.76. The van der Waals surface area contributed by atoms with Gasteiger partial charge in [0.05, 0.1) is 5.25 Å². The molecule has 5 nitrogen and oxygen atoms in total. The van der Waals surface area contributed by atoms with E-state index < -0.39 is 10.0 Å². The molecule has 140 valence electrons. The van der Waals surface area contributed by atoms with Crippen LogP contribution in [0.3, 0.4) is 0 Å². The maximum atomic E-state index is 11.6. The van der Waals surface area contributed by atoms with Crippen molar-refractivity contribution in [3.05, 3.63) is 35.9 Å². The SMILES string of the molecule is Cc1cc(N2CC=CC2)ccc1NCCCCCNS(=O)(=O)C(C)C. The molecule has 0 aliphatic carbocycles. The molecule has 0 fully saturated rings. The lowest BCUT2D eigenvalue weighted by molar-refractivity contribution is 0.566. The summed E-state index contributed by atoms with van der Waals surface area (Å²) in [7, 11) is -3.12. The van der Waals surface area contributed by atoms with E-state index in [2.05, 4.69) is 52.2 Å². The van der Waals surface area contributed by atoms with Crippen molar-refractivity contribution in [1.29, 1.82) is 0 Å². The molecule has 0 saturated carbocycles. The lowest BCUT2D eigenvalue weighted by Gasteiger charge is -2.19. The molecule has 0 spiro atoms. The Morgan fingerprint density at radius 3 is 2.40 bits per heavy atom. The Labute approximate surface area is 152 Å². The second-order valence-electron chi connectivity index (χ2n) is 6.85. The number of benzene rings is 1. The summed E-state index contributed by atoms with van der Waals surface area (Å²) in [6.45, 7) is 8.94. The number of unbranched alkanes of at least 4 members (excludes halogenated alkanes) is 2. The Balaban J connectivity index is 1.65. The van der Waals surface area contributed by atoms with Gasteiger partial charge in [-0.2, -0.15) is 0 Å². The predicted molar refractivity (Wildman–Crippen MR) is 107 cm³/mol. The smallest absolute Gasteiger partial charge is 0.213 e. The molecule has 1 aromatic rings. The number of aryl methyl sites for hydroxylation is 1. The molecule has 2 rings (SSSR count). The molecule has 0 radical (unpaired) electrons. The minimum atomic E-state index is -3.12. The second kappa shape index (κ2) is 9.25. The molecule has 0 amide bonds. The first-order valence-corrected chi connectivity index (χ1v) is 10.7. The van der Waals surface area contributed by atoms with Crippen LogP contribution in [0.2, 0.25) is 0 Å². The molecule has 6 heteroatoms. The highest BCUT2D eigenvalue weighted by atomic mass is 32.2. The van der Waals surface area contributed by atoms with Gasteiger partial charge < -0.3 is 10.2 Å². The zero-order chi connectivity index (χ0) is 18.3. The van der Waals surface area contributed by atoms with Gasteiger partial charge in [0.2, 0.25) is 10.0 Å². The van der Waals surface area contributed by atoms with Crippen LogP contribution in [0, 0.1) is 6.92 Å². The fourth-order valence-corrected chi connectivity index (χ4v) is 3.52. The van der Waals surface area contributed by atoms with Crippen LogP contribution in [-0.2, 0) is 10.0 Å². The highest BCUT2D eigenvalue weighted by molar-refractivity contribution is 7.90. The molecule has 1 aliphatic rings. The minimum absolute atomic E-state index is 0.364. The molecule has 25 heavy (non-hydrogen) atoms. The number of sulfonamides is 1. The third-order valence-electron chi connectivity index (χ3n) is 4.49. The van der Waals surface area contributed by atoms with E-state index in [1.54, 1.807) is 13.8 Å². The van der Waals surface area contributed by atoms with Crippen LogP contribution < -0.4 is 14.9 Å². The summed E-state index contributed by atoms with van der Waals surface area (Å²) in [5.74, 6) is 0. The first-order chi connectivity index (χ1) is 11.9. The maximum Gasteiger partial charge on any atom is 0.213 e. The Morgan fingerprint density at radius 1 is 1.08 bits per heavy atom. The monoisotopic (exact) mass is 365 g/mol. The highest BCUT2D eigenvalue weighted by Crippen LogP contribution is 2.24. The number of nitrogens with zero attached hydrogens (tertiary/aromatic N) is 1. The fraction of sp³-hybridized carbons (Fsp3) is 0.579. The van der Waals surface area contributed by atoms with E-state index in [4.69, 9.17) is 0 Å². The van der Waals surface area contributed by atoms with Gasteiger partial charge in [0.15, 0.2) is 0 Å². The summed E-state index contributed by atoms with van der Waals surface area (Å²) in [5.41, 5.74) is 3.70. The second-order valence-corrected chi connectivity index (χ2v) is 9.17. The van der Waals surface area contributed by atoms with Crippen LogP contribution in [0.4, 0.5) is 11.4 Å². The van der Waals surface area contributed by atoms with Gasteiger partial charge in [-0.05, 0) is 57.4 Å². The Kier molecular flexibility index (Phi) is 7.32. The summed E-state index contributed by atoms with van der Waals surface area (Å²) < 4.78 is 25.9. The van der Waals surface area contributed by atoms with Crippen molar-refractivity contribution in [2.45, 2.75) is 45.3 Å². The number of anilines is 2. The molecule has 0 atom stereocenters. The van der Waals surface area contributed by atoms with Crippen molar-refractivity contribution in [2.24, 2.45) is 0 Å². The third-order valence-corrected chi connectivity index (χ3v) is 6.33. The molecule has 0 aromatic heterocycles. The van der Waals surface area contributed by atoms with E-state index in [1.165, 1.54) is 16.9 Å². The topological polar surface area (TPSA) is 61.4 Å². The molecular weight excluding hydrogens is 334 g/mol. The Bertz CT molecular complexity index is 676. The van der Waals surface area contributed by atoms with Crippen LogP contribution in [0.1, 0.15) is 38.7 Å². The summed E-state index contributed by atoms with van der Waals surface area (Å²) >= 11 is 0. The quantitative estimate of drug-likeness (QED) is 0.493. The lowest BCUT2D eigenvalue weighted by atomic mass is 10.1. The first-order valence-electron chi connectivity index (χ1n) is 9.13. The largest absolute Gasteiger partial charge is 0.385 e. The van der Waals surface area contributed by atoms with Crippen LogP contribution >= 0.6 is 0 Å². The van der Waals surface area contributed by atoms with E-state index in [0.717, 1.165) is 38.9 Å². The van der Waals surface area contributed by atoms with Crippen molar-refractivity contribution in [3.63, 3.8) is 0 Å². The average Bonchev–Trinajstić information content (AvgIpc) is 3.09. The molecule has 1 aromatic carbocycles. The van der Waals surface area contributed by atoms with Crippen LogP contribution in [0.15, 0.2) is 30.4 Å². The van der Waals surface area contributed by atoms with E-state index in [1.807, 2.05) is 0 Å². The molecule has 1 aliphatic heterocycles. The van der Waals surface area contributed by atoms with E-state index in [-0.39, 0.29) is 5.25 Å². The van der Waals surface area contributed by atoms with E-state index in [9.17, 15) is 8.42 Å².